The summed E-state index contributed by atoms with van der Waals surface area (Å²) in [6, 6.07) is 0. The normalized spacial score (nSPS) is 13.9. The molecular formula is C22H45NaO4S. The molecule has 0 heterocycles. The molecule has 6 heteroatoms. The van der Waals surface area contributed by atoms with E-state index in [1.807, 2.05) is 0 Å². The minimum Gasteiger partial charge on any atom is -0.748 e. The van der Waals surface area contributed by atoms with Crippen LogP contribution in [0.2, 0.25) is 0 Å². The average molecular weight is 429 g/mol. The van der Waals surface area contributed by atoms with Gasteiger partial charge in [-0.2, -0.15) is 0 Å². The molecule has 0 aromatic heterocycles. The summed E-state index contributed by atoms with van der Waals surface area (Å²) in [5.41, 5.74) is 0. The number of aliphatic hydroxyl groups is 1. The Bertz CT molecular complexity index is 415. The van der Waals surface area contributed by atoms with Crippen LogP contribution in [0.1, 0.15) is 129 Å². The zero-order valence-electron chi connectivity index (χ0n) is 19.0. The number of hydrogen-bond donors (Lipinski definition) is 1. The van der Waals surface area contributed by atoms with E-state index in [0.29, 0.717) is 12.8 Å². The first-order valence-electron chi connectivity index (χ1n) is 11.5. The average Bonchev–Trinajstić information content (AvgIpc) is 2.61. The molecule has 0 saturated heterocycles. The second-order valence-corrected chi connectivity index (χ2v) is 9.82. The quantitative estimate of drug-likeness (QED) is 0.183. The van der Waals surface area contributed by atoms with Crippen LogP contribution in [0, 0.1) is 0 Å². The molecule has 4 nitrogen and oxygen atoms in total. The van der Waals surface area contributed by atoms with E-state index in [1.54, 1.807) is 0 Å². The Morgan fingerprint density at radius 3 is 1.36 bits per heavy atom. The third-order valence-corrected chi connectivity index (χ3v) is 6.78. The summed E-state index contributed by atoms with van der Waals surface area (Å²) in [6.45, 7) is 4.34. The summed E-state index contributed by atoms with van der Waals surface area (Å²) >= 11 is 0. The maximum atomic E-state index is 11.4. The van der Waals surface area contributed by atoms with Crippen LogP contribution in [-0.2, 0) is 10.1 Å². The Balaban J connectivity index is 0. The predicted molar refractivity (Wildman–Crippen MR) is 114 cm³/mol. The van der Waals surface area contributed by atoms with Crippen molar-refractivity contribution >= 4 is 10.1 Å². The minimum atomic E-state index is -4.17. The van der Waals surface area contributed by atoms with Gasteiger partial charge in [0.2, 0.25) is 0 Å². The number of hydrogen-bond acceptors (Lipinski definition) is 4. The zero-order chi connectivity index (χ0) is 20.4. The van der Waals surface area contributed by atoms with Crippen LogP contribution in [0.15, 0.2) is 0 Å². The van der Waals surface area contributed by atoms with Gasteiger partial charge in [0.1, 0.15) is 0 Å². The second-order valence-electron chi connectivity index (χ2n) is 8.17. The molecule has 0 radical (unpaired) electrons. The Kier molecular flexibility index (Phi) is 23.4. The summed E-state index contributed by atoms with van der Waals surface area (Å²) < 4.78 is 34.2. The van der Waals surface area contributed by atoms with Crippen molar-refractivity contribution in [3.63, 3.8) is 0 Å². The monoisotopic (exact) mass is 428 g/mol. The van der Waals surface area contributed by atoms with Gasteiger partial charge in [-0.3, -0.25) is 0 Å². The second kappa shape index (κ2) is 21.1. The third kappa shape index (κ3) is 20.2. The van der Waals surface area contributed by atoms with Crippen molar-refractivity contribution in [2.75, 3.05) is 0 Å². The van der Waals surface area contributed by atoms with Crippen LogP contribution in [0.5, 0.6) is 0 Å². The minimum absolute atomic E-state index is 0. The van der Waals surface area contributed by atoms with Crippen molar-refractivity contribution in [2.24, 2.45) is 0 Å². The summed E-state index contributed by atoms with van der Waals surface area (Å²) in [5, 5.41) is 9.32. The van der Waals surface area contributed by atoms with Crippen molar-refractivity contribution < 1.29 is 47.6 Å². The number of unbranched alkanes of at least 4 members (excludes halogenated alkanes) is 11. The fourth-order valence-corrected chi connectivity index (χ4v) is 4.55. The van der Waals surface area contributed by atoms with Gasteiger partial charge in [-0.05, 0) is 25.7 Å². The summed E-state index contributed by atoms with van der Waals surface area (Å²) in [5.74, 6) is 0. The molecule has 0 saturated carbocycles. The van der Waals surface area contributed by atoms with Crippen molar-refractivity contribution in [1.29, 1.82) is 0 Å². The molecule has 0 bridgehead atoms. The summed E-state index contributed by atoms with van der Waals surface area (Å²) in [4.78, 5) is 0. The molecule has 0 aliphatic carbocycles. The smallest absolute Gasteiger partial charge is 0.748 e. The molecule has 0 fully saturated rings. The van der Waals surface area contributed by atoms with Gasteiger partial charge in [-0.25, -0.2) is 8.42 Å². The van der Waals surface area contributed by atoms with E-state index < -0.39 is 15.4 Å². The van der Waals surface area contributed by atoms with Gasteiger partial charge in [-0.1, -0.05) is 104 Å². The van der Waals surface area contributed by atoms with Crippen LogP contribution < -0.4 is 29.6 Å². The van der Waals surface area contributed by atoms with Crippen LogP contribution in [0.4, 0.5) is 0 Å². The van der Waals surface area contributed by atoms with E-state index in [4.69, 9.17) is 0 Å². The molecule has 1 N–H and O–H groups in total. The van der Waals surface area contributed by atoms with Crippen molar-refractivity contribution in [2.45, 2.75) is 141 Å². The first kappa shape index (κ1) is 31.1. The molecule has 0 spiro atoms. The summed E-state index contributed by atoms with van der Waals surface area (Å²) in [6.07, 6.45) is 17.9. The van der Waals surface area contributed by atoms with Gasteiger partial charge in [0.15, 0.2) is 0 Å². The van der Waals surface area contributed by atoms with Crippen molar-refractivity contribution in [3.8, 4) is 0 Å². The molecule has 0 aliphatic rings. The first-order chi connectivity index (χ1) is 12.9. The maximum Gasteiger partial charge on any atom is 1.00 e. The largest absolute Gasteiger partial charge is 1.00 e. The van der Waals surface area contributed by atoms with Gasteiger partial charge in [0.25, 0.3) is 0 Å². The first-order valence-corrected chi connectivity index (χ1v) is 13.0. The van der Waals surface area contributed by atoms with Gasteiger partial charge in [-0.15, -0.1) is 0 Å². The molecular weight excluding hydrogens is 383 g/mol. The van der Waals surface area contributed by atoms with E-state index >= 15 is 0 Å². The van der Waals surface area contributed by atoms with Gasteiger partial charge < -0.3 is 9.66 Å². The Hall–Kier alpha value is 0.870. The van der Waals surface area contributed by atoms with Crippen LogP contribution >= 0.6 is 0 Å². The van der Waals surface area contributed by atoms with E-state index in [-0.39, 0.29) is 35.7 Å². The zero-order valence-corrected chi connectivity index (χ0v) is 21.8. The van der Waals surface area contributed by atoms with Gasteiger partial charge in [0.05, 0.1) is 16.2 Å². The molecule has 0 rings (SSSR count). The predicted octanol–water partition coefficient (Wildman–Crippen LogP) is 3.33. The SMILES string of the molecule is CCCCCCCCC(O)CCCCCCC(CCCCCC)S(=O)(=O)[O-].[Na+]. The topological polar surface area (TPSA) is 77.4 Å². The molecule has 0 aromatic carbocycles. The van der Waals surface area contributed by atoms with E-state index in [2.05, 4.69) is 13.8 Å². The fourth-order valence-electron chi connectivity index (χ4n) is 3.64. The maximum absolute atomic E-state index is 11.4. The molecule has 2 atom stereocenters. The van der Waals surface area contributed by atoms with E-state index in [0.717, 1.165) is 70.6 Å². The number of rotatable bonds is 20. The third-order valence-electron chi connectivity index (χ3n) is 5.49. The molecule has 0 aromatic rings. The Labute approximate surface area is 197 Å². The fraction of sp³-hybridized carbons (Fsp3) is 1.00. The number of aliphatic hydroxyl groups excluding tert-OH is 1. The van der Waals surface area contributed by atoms with Gasteiger partial charge in [0, 0.05) is 5.25 Å². The molecule has 164 valence electrons. The summed E-state index contributed by atoms with van der Waals surface area (Å²) in [7, 11) is -4.17. The van der Waals surface area contributed by atoms with Crippen LogP contribution in [0.25, 0.3) is 0 Å². The van der Waals surface area contributed by atoms with Crippen molar-refractivity contribution in [1.82, 2.24) is 0 Å². The Morgan fingerprint density at radius 2 is 0.964 bits per heavy atom. The van der Waals surface area contributed by atoms with Crippen LogP contribution in [-0.4, -0.2) is 29.4 Å². The van der Waals surface area contributed by atoms with Crippen LogP contribution in [0.3, 0.4) is 0 Å². The molecule has 0 aliphatic heterocycles. The van der Waals surface area contributed by atoms with E-state index in [9.17, 15) is 18.1 Å². The molecule has 0 amide bonds. The van der Waals surface area contributed by atoms with Gasteiger partial charge >= 0.3 is 29.6 Å². The van der Waals surface area contributed by atoms with Crippen molar-refractivity contribution in [3.05, 3.63) is 0 Å². The Morgan fingerprint density at radius 1 is 0.643 bits per heavy atom. The molecule has 2 unspecified atom stereocenters. The van der Waals surface area contributed by atoms with E-state index in [1.165, 1.54) is 32.1 Å². The standard InChI is InChI=1S/C22H46O4S.Na/c1-3-5-7-9-10-13-17-21(23)18-14-11-12-16-20-22(27(24,25)26)19-15-8-6-4-2;/h21-23H,3-20H2,1-2H3,(H,24,25,26);/q;+1/p-1. The molecule has 28 heavy (non-hydrogen) atoms.